The summed E-state index contributed by atoms with van der Waals surface area (Å²) in [5, 5.41) is 3.12. The number of rotatable bonds is 3. The van der Waals surface area contributed by atoms with Crippen molar-refractivity contribution in [3.05, 3.63) is 53.1 Å². The van der Waals surface area contributed by atoms with E-state index in [4.69, 9.17) is 0 Å². The second kappa shape index (κ2) is 4.62. The van der Waals surface area contributed by atoms with Crippen LogP contribution in [-0.2, 0) is 4.79 Å². The average Bonchev–Trinajstić information content (AvgIpc) is 3.23. The first-order valence-electron chi connectivity index (χ1n) is 7.61. The van der Waals surface area contributed by atoms with Gasteiger partial charge in [0.25, 0.3) is 0 Å². The van der Waals surface area contributed by atoms with Crippen LogP contribution in [0.2, 0.25) is 0 Å². The average molecular weight is 265 g/mol. The first-order valence-corrected chi connectivity index (χ1v) is 7.61. The predicted molar refractivity (Wildman–Crippen MR) is 80.3 cm³/mol. The van der Waals surface area contributed by atoms with Gasteiger partial charge in [0, 0.05) is 18.4 Å². The van der Waals surface area contributed by atoms with E-state index in [0.29, 0.717) is 12.5 Å². The van der Waals surface area contributed by atoms with Crippen molar-refractivity contribution in [3.63, 3.8) is 0 Å². The fourth-order valence-electron chi connectivity index (χ4n) is 3.46. The van der Waals surface area contributed by atoms with Crippen LogP contribution in [0.5, 0.6) is 0 Å². The maximum Gasteiger partial charge on any atom is 0.221 e. The molecule has 102 valence electrons. The summed E-state index contributed by atoms with van der Waals surface area (Å²) in [5.41, 5.74) is 5.56. The van der Waals surface area contributed by atoms with Crippen molar-refractivity contribution in [1.29, 1.82) is 0 Å². The van der Waals surface area contributed by atoms with Gasteiger partial charge in [-0.05, 0) is 48.0 Å². The molecule has 0 aliphatic heterocycles. The van der Waals surface area contributed by atoms with Crippen molar-refractivity contribution in [3.8, 4) is 0 Å². The highest BCUT2D eigenvalue weighted by Crippen LogP contribution is 2.47. The zero-order valence-electron chi connectivity index (χ0n) is 11.6. The lowest BCUT2D eigenvalue weighted by Gasteiger charge is -2.16. The molecule has 0 aromatic heterocycles. The van der Waals surface area contributed by atoms with Crippen molar-refractivity contribution in [2.75, 3.05) is 0 Å². The Morgan fingerprint density at radius 2 is 2.10 bits per heavy atom. The van der Waals surface area contributed by atoms with E-state index in [9.17, 15) is 4.79 Å². The molecule has 2 nitrogen and oxygen atoms in total. The van der Waals surface area contributed by atoms with E-state index >= 15 is 0 Å². The molecule has 0 heterocycles. The quantitative estimate of drug-likeness (QED) is 0.889. The molecule has 1 fully saturated rings. The summed E-state index contributed by atoms with van der Waals surface area (Å²) < 4.78 is 0. The summed E-state index contributed by atoms with van der Waals surface area (Å²) in [6.07, 6.45) is 9.63. The Bertz CT molecular complexity index is 622. The molecule has 1 amide bonds. The molecule has 4 rings (SSSR count). The number of amides is 1. The van der Waals surface area contributed by atoms with E-state index in [1.54, 1.807) is 0 Å². The minimum absolute atomic E-state index is 0.208. The van der Waals surface area contributed by atoms with Crippen molar-refractivity contribution in [2.24, 2.45) is 0 Å². The second-order valence-corrected chi connectivity index (χ2v) is 6.06. The third-order valence-electron chi connectivity index (χ3n) is 4.58. The van der Waals surface area contributed by atoms with Gasteiger partial charge in [0.05, 0.1) is 0 Å². The van der Waals surface area contributed by atoms with Crippen LogP contribution in [0, 0.1) is 0 Å². The molecule has 0 bridgehead atoms. The summed E-state index contributed by atoms with van der Waals surface area (Å²) in [6.45, 7) is 0. The molecule has 1 aromatic carbocycles. The van der Waals surface area contributed by atoms with Crippen molar-refractivity contribution >= 4 is 11.5 Å². The van der Waals surface area contributed by atoms with Gasteiger partial charge in [0.2, 0.25) is 5.91 Å². The highest BCUT2D eigenvalue weighted by molar-refractivity contribution is 5.85. The molecule has 1 atom stereocenters. The van der Waals surface area contributed by atoms with Gasteiger partial charge in [0.1, 0.15) is 0 Å². The summed E-state index contributed by atoms with van der Waals surface area (Å²) in [4.78, 5) is 12.2. The van der Waals surface area contributed by atoms with Crippen molar-refractivity contribution in [2.45, 2.75) is 44.1 Å². The van der Waals surface area contributed by atoms with E-state index < -0.39 is 0 Å². The highest BCUT2D eigenvalue weighted by atomic mass is 16.1. The molecule has 0 spiro atoms. The van der Waals surface area contributed by atoms with E-state index in [1.807, 2.05) is 0 Å². The zero-order valence-corrected chi connectivity index (χ0v) is 11.6. The van der Waals surface area contributed by atoms with Gasteiger partial charge in [-0.3, -0.25) is 4.79 Å². The highest BCUT2D eigenvalue weighted by Gasteiger charge is 2.33. The van der Waals surface area contributed by atoms with Gasteiger partial charge in [-0.1, -0.05) is 36.4 Å². The molecule has 3 aliphatic carbocycles. The van der Waals surface area contributed by atoms with Gasteiger partial charge < -0.3 is 5.32 Å². The minimum atomic E-state index is 0.208. The van der Waals surface area contributed by atoms with Gasteiger partial charge in [-0.15, -0.1) is 0 Å². The van der Waals surface area contributed by atoms with Gasteiger partial charge in [-0.25, -0.2) is 0 Å². The zero-order chi connectivity index (χ0) is 13.5. The molecule has 0 radical (unpaired) electrons. The van der Waals surface area contributed by atoms with Crippen LogP contribution in [0.4, 0.5) is 0 Å². The molecule has 20 heavy (non-hydrogen) atoms. The molecule has 1 unspecified atom stereocenters. The van der Waals surface area contributed by atoms with Gasteiger partial charge in [-0.2, -0.15) is 0 Å². The fraction of sp³-hybridized carbons (Fsp3) is 0.389. The van der Waals surface area contributed by atoms with Crippen LogP contribution < -0.4 is 5.32 Å². The lowest BCUT2D eigenvalue weighted by atomic mass is 9.90. The predicted octanol–water partition coefficient (Wildman–Crippen LogP) is 3.56. The van der Waals surface area contributed by atoms with Gasteiger partial charge >= 0.3 is 0 Å². The third kappa shape index (κ3) is 2.00. The number of hydrogen-bond donors (Lipinski definition) is 1. The Kier molecular flexibility index (Phi) is 2.76. The summed E-state index contributed by atoms with van der Waals surface area (Å²) in [6, 6.07) is 9.05. The first-order chi connectivity index (χ1) is 9.83. The maximum atomic E-state index is 12.2. The number of fused-ring (bicyclic) bond motifs is 2. The maximum absolute atomic E-state index is 12.2. The number of nitrogens with one attached hydrogen (secondary N) is 1. The third-order valence-corrected chi connectivity index (χ3v) is 4.58. The fourth-order valence-corrected chi connectivity index (χ4v) is 3.46. The van der Waals surface area contributed by atoms with Crippen LogP contribution in [0.25, 0.3) is 5.57 Å². The summed E-state index contributed by atoms with van der Waals surface area (Å²) >= 11 is 0. The molecule has 2 heteroatoms. The van der Waals surface area contributed by atoms with Crippen LogP contribution in [0.1, 0.15) is 49.1 Å². The normalized spacial score (nSPS) is 23.5. The van der Waals surface area contributed by atoms with E-state index in [1.165, 1.54) is 22.3 Å². The smallest absolute Gasteiger partial charge is 0.221 e. The topological polar surface area (TPSA) is 29.1 Å². The van der Waals surface area contributed by atoms with Crippen LogP contribution in [-0.4, -0.2) is 11.9 Å². The Labute approximate surface area is 119 Å². The summed E-state index contributed by atoms with van der Waals surface area (Å²) in [7, 11) is 0. The Morgan fingerprint density at radius 1 is 1.25 bits per heavy atom. The van der Waals surface area contributed by atoms with Crippen LogP contribution in [0.15, 0.2) is 42.0 Å². The monoisotopic (exact) mass is 265 g/mol. The van der Waals surface area contributed by atoms with E-state index in [0.717, 1.165) is 25.7 Å². The Morgan fingerprint density at radius 3 is 2.95 bits per heavy atom. The lowest BCUT2D eigenvalue weighted by molar-refractivity contribution is -0.121. The number of benzene rings is 1. The standard InChI is InChI=1S/C18H19NO/c20-18(19-12-9-10-12)11-17-15-7-3-1-5-13(15)14-6-2-4-8-16(14)17/h1,3-5,7-8,12,17H,2,6,9-11H2,(H,19,20). The molecular weight excluding hydrogens is 246 g/mol. The molecule has 1 aromatic rings. The van der Waals surface area contributed by atoms with Crippen LogP contribution >= 0.6 is 0 Å². The first kappa shape index (κ1) is 12.0. The van der Waals surface area contributed by atoms with Crippen molar-refractivity contribution in [1.82, 2.24) is 5.32 Å². The van der Waals surface area contributed by atoms with E-state index in [2.05, 4.69) is 41.7 Å². The largest absolute Gasteiger partial charge is 0.353 e. The molecule has 1 saturated carbocycles. The van der Waals surface area contributed by atoms with Crippen molar-refractivity contribution < 1.29 is 4.79 Å². The number of carbonyl (C=O) groups is 1. The molecule has 3 aliphatic rings. The SMILES string of the molecule is O=C(CC1C2=C(CCC=C2)c2ccccc21)NC1CC1. The van der Waals surface area contributed by atoms with Gasteiger partial charge in [0.15, 0.2) is 0 Å². The van der Waals surface area contributed by atoms with E-state index in [-0.39, 0.29) is 11.8 Å². The lowest BCUT2D eigenvalue weighted by Crippen LogP contribution is -2.27. The van der Waals surface area contributed by atoms with Crippen LogP contribution in [0.3, 0.4) is 0 Å². The number of hydrogen-bond acceptors (Lipinski definition) is 1. The Hall–Kier alpha value is -1.83. The second-order valence-electron chi connectivity index (χ2n) is 6.06. The minimum Gasteiger partial charge on any atom is -0.353 e. The molecule has 1 N–H and O–H groups in total. The number of carbonyl (C=O) groups excluding carboxylic acids is 1. The molecular formula is C18H19NO. The summed E-state index contributed by atoms with van der Waals surface area (Å²) in [5.74, 6) is 0.469. The molecule has 0 saturated heterocycles. The number of allylic oxidation sites excluding steroid dienone is 4. The Balaban J connectivity index is 1.65.